The van der Waals surface area contributed by atoms with Crippen LogP contribution in [0.25, 0.3) is 0 Å². The number of phenolic OH excluding ortho intramolecular Hbond substituents is 1. The molecule has 0 radical (unpaired) electrons. The van der Waals surface area contributed by atoms with E-state index in [1.54, 1.807) is 6.07 Å². The fourth-order valence-electron chi connectivity index (χ4n) is 2.57. The molecule has 0 atom stereocenters. The van der Waals surface area contributed by atoms with Gasteiger partial charge < -0.3 is 10.8 Å². The van der Waals surface area contributed by atoms with Crippen LogP contribution in [0.1, 0.15) is 43.7 Å². The van der Waals surface area contributed by atoms with Crippen molar-refractivity contribution < 1.29 is 5.11 Å². The molecule has 0 saturated heterocycles. The summed E-state index contributed by atoms with van der Waals surface area (Å²) < 4.78 is 0. The summed E-state index contributed by atoms with van der Waals surface area (Å²) >= 11 is 0. The van der Waals surface area contributed by atoms with Gasteiger partial charge in [-0.3, -0.25) is 0 Å². The molecule has 3 N–H and O–H groups in total. The average molecular weight is 205 g/mol. The van der Waals surface area contributed by atoms with Crippen LogP contribution in [-0.4, -0.2) is 5.11 Å². The van der Waals surface area contributed by atoms with Gasteiger partial charge in [0.25, 0.3) is 0 Å². The Morgan fingerprint density at radius 1 is 1.33 bits per heavy atom. The van der Waals surface area contributed by atoms with Crippen LogP contribution < -0.4 is 5.73 Å². The fourth-order valence-corrected chi connectivity index (χ4v) is 2.57. The van der Waals surface area contributed by atoms with Crippen molar-refractivity contribution in [3.05, 3.63) is 29.3 Å². The normalized spacial score (nSPS) is 19.3. The van der Waals surface area contributed by atoms with Crippen molar-refractivity contribution in [3.8, 4) is 5.75 Å². The molecule has 0 heterocycles. The standard InChI is InChI=1S/C13H19NO/c1-13(6-2-3-7-13)11-4-5-12(15)10(8-11)9-14/h4-5,8,15H,2-3,6-7,9,14H2,1H3. The second-order valence-corrected chi connectivity index (χ2v) is 4.82. The fraction of sp³-hybridized carbons (Fsp3) is 0.538. The minimum absolute atomic E-state index is 0.303. The first-order chi connectivity index (χ1) is 7.15. The van der Waals surface area contributed by atoms with Crippen LogP contribution in [0.5, 0.6) is 5.75 Å². The smallest absolute Gasteiger partial charge is 0.120 e. The van der Waals surface area contributed by atoms with Gasteiger partial charge in [0.2, 0.25) is 0 Å². The lowest BCUT2D eigenvalue weighted by Crippen LogP contribution is -2.17. The van der Waals surface area contributed by atoms with Gasteiger partial charge in [0.15, 0.2) is 0 Å². The first-order valence-corrected chi connectivity index (χ1v) is 5.68. The Kier molecular flexibility index (Phi) is 2.70. The molecule has 0 spiro atoms. The second kappa shape index (κ2) is 3.86. The first kappa shape index (κ1) is 10.5. The predicted octanol–water partition coefficient (Wildman–Crippen LogP) is 2.68. The molecule has 2 heteroatoms. The number of benzene rings is 1. The zero-order valence-corrected chi connectivity index (χ0v) is 9.29. The van der Waals surface area contributed by atoms with Crippen molar-refractivity contribution in [2.24, 2.45) is 5.73 Å². The van der Waals surface area contributed by atoms with E-state index in [2.05, 4.69) is 13.0 Å². The number of nitrogens with two attached hydrogens (primary N) is 1. The second-order valence-electron chi connectivity index (χ2n) is 4.82. The number of rotatable bonds is 2. The van der Waals surface area contributed by atoms with E-state index in [-0.39, 0.29) is 0 Å². The monoisotopic (exact) mass is 205 g/mol. The highest BCUT2D eigenvalue weighted by Crippen LogP contribution is 2.41. The van der Waals surface area contributed by atoms with Gasteiger partial charge in [-0.1, -0.05) is 31.9 Å². The van der Waals surface area contributed by atoms with Gasteiger partial charge in [-0.15, -0.1) is 0 Å². The summed E-state index contributed by atoms with van der Waals surface area (Å²) in [7, 11) is 0. The molecule has 0 amide bonds. The molecule has 1 aromatic carbocycles. The van der Waals surface area contributed by atoms with Gasteiger partial charge in [-0.2, -0.15) is 0 Å². The molecule has 1 saturated carbocycles. The average Bonchev–Trinajstić information content (AvgIpc) is 2.67. The van der Waals surface area contributed by atoms with E-state index in [9.17, 15) is 5.11 Å². The summed E-state index contributed by atoms with van der Waals surface area (Å²) in [4.78, 5) is 0. The Labute approximate surface area is 91.1 Å². The van der Waals surface area contributed by atoms with Crippen molar-refractivity contribution in [1.29, 1.82) is 0 Å². The van der Waals surface area contributed by atoms with Crippen LogP contribution in [0.3, 0.4) is 0 Å². The van der Waals surface area contributed by atoms with Gasteiger partial charge in [0.1, 0.15) is 5.75 Å². The Morgan fingerprint density at radius 3 is 2.60 bits per heavy atom. The minimum atomic E-state index is 0.303. The predicted molar refractivity (Wildman–Crippen MR) is 61.8 cm³/mol. The molecule has 2 rings (SSSR count). The van der Waals surface area contributed by atoms with Crippen LogP contribution in [0.15, 0.2) is 18.2 Å². The van der Waals surface area contributed by atoms with E-state index in [1.165, 1.54) is 31.2 Å². The van der Waals surface area contributed by atoms with E-state index in [4.69, 9.17) is 5.73 Å². The minimum Gasteiger partial charge on any atom is -0.508 e. The molecular formula is C13H19NO. The summed E-state index contributed by atoms with van der Waals surface area (Å²) in [5, 5.41) is 9.58. The van der Waals surface area contributed by atoms with Crippen molar-refractivity contribution in [3.63, 3.8) is 0 Å². The zero-order chi connectivity index (χ0) is 10.9. The zero-order valence-electron chi connectivity index (χ0n) is 9.29. The van der Waals surface area contributed by atoms with Gasteiger partial charge >= 0.3 is 0 Å². The van der Waals surface area contributed by atoms with Crippen molar-refractivity contribution in [1.82, 2.24) is 0 Å². The maximum atomic E-state index is 9.58. The lowest BCUT2D eigenvalue weighted by molar-refractivity contribution is 0.462. The highest BCUT2D eigenvalue weighted by Gasteiger charge is 2.30. The van der Waals surface area contributed by atoms with Gasteiger partial charge in [0, 0.05) is 12.1 Å². The molecule has 0 unspecified atom stereocenters. The molecule has 1 aliphatic carbocycles. The maximum Gasteiger partial charge on any atom is 0.120 e. The van der Waals surface area contributed by atoms with Crippen molar-refractivity contribution >= 4 is 0 Å². The molecule has 2 nitrogen and oxygen atoms in total. The topological polar surface area (TPSA) is 46.2 Å². The maximum absolute atomic E-state index is 9.58. The first-order valence-electron chi connectivity index (χ1n) is 5.68. The Hall–Kier alpha value is -1.02. The molecule has 1 aromatic rings. The van der Waals surface area contributed by atoms with Crippen LogP contribution in [0.4, 0.5) is 0 Å². The quantitative estimate of drug-likeness (QED) is 0.779. The van der Waals surface area contributed by atoms with Gasteiger partial charge in [-0.05, 0) is 29.9 Å². The molecule has 15 heavy (non-hydrogen) atoms. The summed E-state index contributed by atoms with van der Waals surface area (Å²) in [5.41, 5.74) is 8.10. The third kappa shape index (κ3) is 1.86. The summed E-state index contributed by atoms with van der Waals surface area (Å²) in [6.45, 7) is 2.72. The van der Waals surface area contributed by atoms with Crippen LogP contribution >= 0.6 is 0 Å². The molecule has 0 bridgehead atoms. The highest BCUT2D eigenvalue weighted by molar-refractivity contribution is 5.39. The summed E-state index contributed by atoms with van der Waals surface area (Å²) in [5.74, 6) is 0.322. The van der Waals surface area contributed by atoms with E-state index in [0.29, 0.717) is 17.7 Å². The Morgan fingerprint density at radius 2 is 2.00 bits per heavy atom. The van der Waals surface area contributed by atoms with E-state index in [1.807, 2.05) is 6.07 Å². The lowest BCUT2D eigenvalue weighted by Gasteiger charge is -2.24. The van der Waals surface area contributed by atoms with Gasteiger partial charge in [0.05, 0.1) is 0 Å². The van der Waals surface area contributed by atoms with Crippen LogP contribution in [0, 0.1) is 0 Å². The number of phenols is 1. The van der Waals surface area contributed by atoms with Crippen molar-refractivity contribution in [2.75, 3.05) is 0 Å². The lowest BCUT2D eigenvalue weighted by atomic mass is 9.80. The van der Waals surface area contributed by atoms with Crippen LogP contribution in [-0.2, 0) is 12.0 Å². The largest absolute Gasteiger partial charge is 0.508 e. The third-order valence-electron chi connectivity index (χ3n) is 3.70. The highest BCUT2D eigenvalue weighted by atomic mass is 16.3. The van der Waals surface area contributed by atoms with Gasteiger partial charge in [-0.25, -0.2) is 0 Å². The van der Waals surface area contributed by atoms with Crippen molar-refractivity contribution in [2.45, 2.75) is 44.6 Å². The number of aromatic hydroxyl groups is 1. The molecule has 1 aliphatic rings. The van der Waals surface area contributed by atoms with E-state index >= 15 is 0 Å². The summed E-state index contributed by atoms with van der Waals surface area (Å²) in [6, 6.07) is 5.89. The third-order valence-corrected chi connectivity index (χ3v) is 3.70. The Balaban J connectivity index is 2.36. The SMILES string of the molecule is CC1(c2ccc(O)c(CN)c2)CCCC1. The Bertz CT molecular complexity index is 354. The molecule has 0 aliphatic heterocycles. The summed E-state index contributed by atoms with van der Waals surface area (Å²) in [6.07, 6.45) is 5.13. The molecule has 0 aromatic heterocycles. The van der Waals surface area contributed by atoms with E-state index in [0.717, 1.165) is 5.56 Å². The molecule has 1 fully saturated rings. The molecular weight excluding hydrogens is 186 g/mol. The molecule has 82 valence electrons. The van der Waals surface area contributed by atoms with E-state index < -0.39 is 0 Å². The number of hydrogen-bond acceptors (Lipinski definition) is 2. The number of hydrogen-bond donors (Lipinski definition) is 2. The van der Waals surface area contributed by atoms with Crippen LogP contribution in [0.2, 0.25) is 0 Å².